The van der Waals surface area contributed by atoms with Crippen molar-refractivity contribution in [3.8, 4) is 0 Å². The topological polar surface area (TPSA) is 29.4 Å². The SMILES string of the molecule is O=S1(=Nc2c(Cl)cccc2Cl)CCC1. The smallest absolute Gasteiger partial charge is 0.110 e. The maximum atomic E-state index is 11.8. The van der Waals surface area contributed by atoms with Crippen LogP contribution in [0.3, 0.4) is 0 Å². The van der Waals surface area contributed by atoms with Gasteiger partial charge < -0.3 is 0 Å². The summed E-state index contributed by atoms with van der Waals surface area (Å²) in [6, 6.07) is 5.15. The quantitative estimate of drug-likeness (QED) is 0.750. The zero-order valence-corrected chi connectivity index (χ0v) is 9.70. The van der Waals surface area contributed by atoms with Crippen molar-refractivity contribution in [1.82, 2.24) is 0 Å². The van der Waals surface area contributed by atoms with Crippen molar-refractivity contribution in [3.63, 3.8) is 0 Å². The maximum Gasteiger partial charge on any atom is 0.110 e. The van der Waals surface area contributed by atoms with Crippen LogP contribution >= 0.6 is 23.2 Å². The van der Waals surface area contributed by atoms with Gasteiger partial charge in [0.15, 0.2) is 0 Å². The zero-order chi connectivity index (χ0) is 10.2. The minimum atomic E-state index is -2.03. The van der Waals surface area contributed by atoms with E-state index in [2.05, 4.69) is 4.36 Å². The van der Waals surface area contributed by atoms with Gasteiger partial charge >= 0.3 is 0 Å². The van der Waals surface area contributed by atoms with Crippen molar-refractivity contribution in [2.75, 3.05) is 11.5 Å². The average Bonchev–Trinajstić information content (AvgIpc) is 2.09. The summed E-state index contributed by atoms with van der Waals surface area (Å²) in [7, 11) is -2.03. The molecule has 0 spiro atoms. The summed E-state index contributed by atoms with van der Waals surface area (Å²) >= 11 is 11.8. The first-order valence-electron chi connectivity index (χ1n) is 4.27. The normalized spacial score (nSPS) is 18.7. The lowest BCUT2D eigenvalue weighted by Gasteiger charge is -2.18. The van der Waals surface area contributed by atoms with Crippen LogP contribution in [-0.2, 0) is 9.73 Å². The standard InChI is InChI=1S/C9H9Cl2NOS/c10-7-3-1-4-8(11)9(7)12-14(13)5-2-6-14/h1,3-4H,2,5-6H2. The van der Waals surface area contributed by atoms with E-state index in [9.17, 15) is 4.21 Å². The Morgan fingerprint density at radius 2 is 1.79 bits per heavy atom. The molecule has 1 fully saturated rings. The highest BCUT2D eigenvalue weighted by molar-refractivity contribution is 7.95. The van der Waals surface area contributed by atoms with Crippen molar-refractivity contribution in [1.29, 1.82) is 0 Å². The van der Waals surface area contributed by atoms with Crippen molar-refractivity contribution >= 4 is 38.6 Å². The van der Waals surface area contributed by atoms with Gasteiger partial charge in [-0.25, -0.2) is 4.21 Å². The third kappa shape index (κ3) is 1.90. The molecular weight excluding hydrogens is 241 g/mol. The van der Waals surface area contributed by atoms with Crippen LogP contribution in [0.1, 0.15) is 6.42 Å². The maximum absolute atomic E-state index is 11.8. The van der Waals surface area contributed by atoms with Crippen LogP contribution in [-0.4, -0.2) is 15.7 Å². The molecule has 0 aliphatic carbocycles. The highest BCUT2D eigenvalue weighted by atomic mass is 35.5. The Balaban J connectivity index is 2.52. The average molecular weight is 250 g/mol. The molecule has 1 aliphatic rings. The summed E-state index contributed by atoms with van der Waals surface area (Å²) in [5.74, 6) is 1.32. The molecule has 0 unspecified atom stereocenters. The summed E-state index contributed by atoms with van der Waals surface area (Å²) in [6.07, 6.45) is 0.977. The molecule has 0 N–H and O–H groups in total. The number of hydrogen-bond acceptors (Lipinski definition) is 2. The molecule has 1 aromatic carbocycles. The fraction of sp³-hybridized carbons (Fsp3) is 0.333. The fourth-order valence-electron chi connectivity index (χ4n) is 1.23. The van der Waals surface area contributed by atoms with Gasteiger partial charge in [-0.1, -0.05) is 29.3 Å². The highest BCUT2D eigenvalue weighted by Gasteiger charge is 2.20. The van der Waals surface area contributed by atoms with Crippen molar-refractivity contribution < 1.29 is 4.21 Å². The van der Waals surface area contributed by atoms with Crippen LogP contribution in [0.15, 0.2) is 22.6 Å². The van der Waals surface area contributed by atoms with Gasteiger partial charge in [0, 0.05) is 11.5 Å². The van der Waals surface area contributed by atoms with E-state index in [1.165, 1.54) is 0 Å². The largest absolute Gasteiger partial charge is 0.249 e. The molecule has 0 atom stereocenters. The Morgan fingerprint density at radius 3 is 2.21 bits per heavy atom. The fourth-order valence-corrected chi connectivity index (χ4v) is 3.30. The summed E-state index contributed by atoms with van der Waals surface area (Å²) < 4.78 is 16.0. The molecule has 5 heteroatoms. The van der Waals surface area contributed by atoms with Crippen molar-refractivity contribution in [3.05, 3.63) is 28.2 Å². The van der Waals surface area contributed by atoms with E-state index in [1.807, 2.05) is 0 Å². The molecule has 1 aliphatic heterocycles. The molecule has 1 saturated heterocycles. The Hall–Kier alpha value is -0.250. The Kier molecular flexibility index (Phi) is 2.73. The molecule has 0 bridgehead atoms. The number of rotatable bonds is 1. The monoisotopic (exact) mass is 249 g/mol. The van der Waals surface area contributed by atoms with E-state index in [4.69, 9.17) is 23.2 Å². The van der Waals surface area contributed by atoms with Gasteiger partial charge in [-0.3, -0.25) is 0 Å². The molecular formula is C9H9Cl2NOS. The second-order valence-electron chi connectivity index (χ2n) is 3.20. The molecule has 0 amide bonds. The van der Waals surface area contributed by atoms with Crippen LogP contribution in [0.2, 0.25) is 10.0 Å². The zero-order valence-electron chi connectivity index (χ0n) is 7.37. The molecule has 0 radical (unpaired) electrons. The first-order chi connectivity index (χ1) is 6.61. The van der Waals surface area contributed by atoms with Gasteiger partial charge in [0.25, 0.3) is 0 Å². The molecule has 2 rings (SSSR count). The van der Waals surface area contributed by atoms with E-state index in [-0.39, 0.29) is 0 Å². The summed E-state index contributed by atoms with van der Waals surface area (Å²) in [6.45, 7) is 0. The van der Waals surface area contributed by atoms with E-state index < -0.39 is 9.73 Å². The number of hydrogen-bond donors (Lipinski definition) is 0. The molecule has 14 heavy (non-hydrogen) atoms. The number of benzene rings is 1. The number of nitrogens with zero attached hydrogens (tertiary/aromatic N) is 1. The van der Waals surface area contributed by atoms with Crippen LogP contribution < -0.4 is 0 Å². The molecule has 76 valence electrons. The summed E-state index contributed by atoms with van der Waals surface area (Å²) in [5.41, 5.74) is 0.473. The highest BCUT2D eigenvalue weighted by Crippen LogP contribution is 2.35. The molecule has 1 heterocycles. The second-order valence-corrected chi connectivity index (χ2v) is 6.55. The van der Waals surface area contributed by atoms with Crippen molar-refractivity contribution in [2.24, 2.45) is 4.36 Å². The second kappa shape index (κ2) is 3.72. The first kappa shape index (κ1) is 10.3. The molecule has 0 saturated carbocycles. The Labute approximate surface area is 93.4 Å². The van der Waals surface area contributed by atoms with E-state index in [0.717, 1.165) is 6.42 Å². The Bertz CT molecular complexity index is 447. The van der Waals surface area contributed by atoms with Crippen LogP contribution in [0.5, 0.6) is 0 Å². The van der Waals surface area contributed by atoms with Gasteiger partial charge in [-0.15, -0.1) is 0 Å². The molecule has 0 aromatic heterocycles. The Morgan fingerprint density at radius 1 is 1.21 bits per heavy atom. The minimum absolute atomic E-state index is 0.465. The van der Waals surface area contributed by atoms with E-state index >= 15 is 0 Å². The van der Waals surface area contributed by atoms with Gasteiger partial charge in [-0.05, 0) is 18.6 Å². The van der Waals surface area contributed by atoms with Gasteiger partial charge in [-0.2, -0.15) is 4.36 Å². The van der Waals surface area contributed by atoms with Crippen LogP contribution in [0, 0.1) is 0 Å². The third-order valence-electron chi connectivity index (χ3n) is 2.12. The van der Waals surface area contributed by atoms with E-state index in [0.29, 0.717) is 27.2 Å². The summed E-state index contributed by atoms with van der Waals surface area (Å²) in [5, 5.41) is 0.930. The van der Waals surface area contributed by atoms with Gasteiger partial charge in [0.05, 0.1) is 19.8 Å². The molecule has 2 nitrogen and oxygen atoms in total. The lowest BCUT2D eigenvalue weighted by molar-refractivity contribution is 0.663. The van der Waals surface area contributed by atoms with Crippen molar-refractivity contribution in [2.45, 2.75) is 6.42 Å². The van der Waals surface area contributed by atoms with Gasteiger partial charge in [0.1, 0.15) is 5.69 Å². The number of halogens is 2. The molecule has 1 aromatic rings. The van der Waals surface area contributed by atoms with E-state index in [1.54, 1.807) is 18.2 Å². The predicted octanol–water partition coefficient (Wildman–Crippen LogP) is 3.50. The van der Waals surface area contributed by atoms with Gasteiger partial charge in [0.2, 0.25) is 0 Å². The summed E-state index contributed by atoms with van der Waals surface area (Å²) in [4.78, 5) is 0. The van der Waals surface area contributed by atoms with Crippen LogP contribution in [0.4, 0.5) is 5.69 Å². The third-order valence-corrected chi connectivity index (χ3v) is 5.10. The first-order valence-corrected chi connectivity index (χ1v) is 6.88. The van der Waals surface area contributed by atoms with Crippen LogP contribution in [0.25, 0.3) is 0 Å². The lowest BCUT2D eigenvalue weighted by Crippen LogP contribution is -2.23. The lowest BCUT2D eigenvalue weighted by atomic mass is 10.3. The predicted molar refractivity (Wildman–Crippen MR) is 61.0 cm³/mol. The minimum Gasteiger partial charge on any atom is -0.249 e.